The highest BCUT2D eigenvalue weighted by Gasteiger charge is 2.27. The number of piperidine rings is 1. The van der Waals surface area contributed by atoms with E-state index in [-0.39, 0.29) is 36.8 Å². The summed E-state index contributed by atoms with van der Waals surface area (Å²) in [4.78, 5) is 38.6. The van der Waals surface area contributed by atoms with E-state index in [1.54, 1.807) is 23.8 Å². The third kappa shape index (κ3) is 6.96. The number of nitrogens with two attached hydrogens (primary N) is 1. The van der Waals surface area contributed by atoms with Crippen molar-refractivity contribution in [3.05, 3.63) is 0 Å². The summed E-state index contributed by atoms with van der Waals surface area (Å²) in [5.41, 5.74) is 5.29. The molecule has 1 aliphatic heterocycles. The molecule has 1 fully saturated rings. The molecule has 0 aliphatic carbocycles. The van der Waals surface area contributed by atoms with Crippen LogP contribution in [0.3, 0.4) is 0 Å². The van der Waals surface area contributed by atoms with Crippen LogP contribution >= 0.6 is 0 Å². The Labute approximate surface area is 136 Å². The molecule has 2 N–H and O–H groups in total. The van der Waals surface area contributed by atoms with Crippen molar-refractivity contribution in [3.63, 3.8) is 0 Å². The van der Waals surface area contributed by atoms with Crippen molar-refractivity contribution in [1.82, 2.24) is 9.80 Å². The fourth-order valence-electron chi connectivity index (χ4n) is 2.53. The van der Waals surface area contributed by atoms with Gasteiger partial charge in [-0.05, 0) is 19.8 Å². The first-order valence-electron chi connectivity index (χ1n) is 7.91. The van der Waals surface area contributed by atoms with E-state index in [1.807, 2.05) is 0 Å². The van der Waals surface area contributed by atoms with Crippen LogP contribution in [0.5, 0.6) is 0 Å². The van der Waals surface area contributed by atoms with E-state index >= 15 is 0 Å². The monoisotopic (exact) mass is 329 g/mol. The third-order valence-electron chi connectivity index (χ3n) is 3.88. The van der Waals surface area contributed by atoms with Gasteiger partial charge in [-0.15, -0.1) is 0 Å². The van der Waals surface area contributed by atoms with Crippen LogP contribution in [0.1, 0.15) is 19.8 Å². The van der Waals surface area contributed by atoms with Gasteiger partial charge in [0.15, 0.2) is 0 Å². The molecule has 23 heavy (non-hydrogen) atoms. The summed E-state index contributed by atoms with van der Waals surface area (Å²) in [6.07, 6.45) is 1.19. The van der Waals surface area contributed by atoms with Crippen LogP contribution in [0.4, 0.5) is 0 Å². The molecule has 8 heteroatoms. The Balaban J connectivity index is 2.49. The maximum Gasteiger partial charge on any atom is 0.320 e. The number of rotatable bonds is 9. The van der Waals surface area contributed by atoms with E-state index in [2.05, 4.69) is 0 Å². The van der Waals surface area contributed by atoms with Gasteiger partial charge >= 0.3 is 5.97 Å². The van der Waals surface area contributed by atoms with Crippen molar-refractivity contribution in [2.24, 2.45) is 11.7 Å². The first-order chi connectivity index (χ1) is 11.0. The third-order valence-corrected chi connectivity index (χ3v) is 3.88. The van der Waals surface area contributed by atoms with E-state index in [0.717, 1.165) is 0 Å². The lowest BCUT2D eigenvalue weighted by atomic mass is 9.96. The molecule has 0 bridgehead atoms. The van der Waals surface area contributed by atoms with Crippen LogP contribution < -0.4 is 5.73 Å². The zero-order chi connectivity index (χ0) is 17.2. The van der Waals surface area contributed by atoms with Crippen LogP contribution in [0.2, 0.25) is 0 Å². The molecule has 8 nitrogen and oxygen atoms in total. The van der Waals surface area contributed by atoms with Crippen LogP contribution in [0.25, 0.3) is 0 Å². The Morgan fingerprint density at radius 1 is 1.22 bits per heavy atom. The molecule has 0 aromatic carbocycles. The molecule has 0 atom stereocenters. The van der Waals surface area contributed by atoms with Gasteiger partial charge in [-0.1, -0.05) is 0 Å². The molecule has 0 aromatic rings. The van der Waals surface area contributed by atoms with Crippen molar-refractivity contribution >= 4 is 17.8 Å². The number of amides is 2. The van der Waals surface area contributed by atoms with Gasteiger partial charge in [-0.2, -0.15) is 0 Å². The van der Waals surface area contributed by atoms with Crippen LogP contribution in [-0.2, 0) is 23.9 Å². The molecule has 0 spiro atoms. The Morgan fingerprint density at radius 2 is 1.87 bits per heavy atom. The van der Waals surface area contributed by atoms with Crippen molar-refractivity contribution in [1.29, 1.82) is 0 Å². The Kier molecular flexibility index (Phi) is 8.57. The number of primary amides is 1. The molecule has 1 heterocycles. The number of hydrogen-bond acceptors (Lipinski definition) is 6. The molecule has 1 saturated heterocycles. The maximum absolute atomic E-state index is 12.4. The fourth-order valence-corrected chi connectivity index (χ4v) is 2.53. The van der Waals surface area contributed by atoms with Gasteiger partial charge < -0.3 is 20.1 Å². The minimum Gasteiger partial charge on any atom is -0.465 e. The second-order valence-electron chi connectivity index (χ2n) is 5.57. The second kappa shape index (κ2) is 10.2. The summed E-state index contributed by atoms with van der Waals surface area (Å²) in [5, 5.41) is 0. The summed E-state index contributed by atoms with van der Waals surface area (Å²) in [5.74, 6) is -0.874. The van der Waals surface area contributed by atoms with Crippen molar-refractivity contribution in [3.8, 4) is 0 Å². The quantitative estimate of drug-likeness (QED) is 0.557. The van der Waals surface area contributed by atoms with Gasteiger partial charge in [-0.3, -0.25) is 19.3 Å². The molecule has 1 aliphatic rings. The summed E-state index contributed by atoms with van der Waals surface area (Å²) < 4.78 is 9.93. The minimum atomic E-state index is -0.358. The number of nitrogens with zero attached hydrogens (tertiary/aromatic N) is 2. The fraction of sp³-hybridized carbons (Fsp3) is 0.800. The maximum atomic E-state index is 12.4. The van der Waals surface area contributed by atoms with Gasteiger partial charge in [-0.25, -0.2) is 0 Å². The van der Waals surface area contributed by atoms with Gasteiger partial charge in [0.2, 0.25) is 11.8 Å². The number of esters is 1. The number of carbonyl (C=O) groups is 3. The summed E-state index contributed by atoms with van der Waals surface area (Å²) in [6, 6.07) is 0. The number of methoxy groups -OCH3 is 1. The zero-order valence-corrected chi connectivity index (χ0v) is 14.0. The number of carbonyl (C=O) groups excluding carboxylic acids is 3. The SMILES string of the molecule is CCOC(=O)CN(CCOC)CC(=O)N1CCC(C(N)=O)CC1. The first kappa shape index (κ1) is 19.4. The number of likely N-dealkylation sites (tertiary alicyclic amines) is 1. The first-order valence-corrected chi connectivity index (χ1v) is 7.91. The molecule has 0 aromatic heterocycles. The van der Waals surface area contributed by atoms with Crippen molar-refractivity contribution < 1.29 is 23.9 Å². The molecular formula is C15H27N3O5. The van der Waals surface area contributed by atoms with E-state index < -0.39 is 0 Å². The average molecular weight is 329 g/mol. The smallest absolute Gasteiger partial charge is 0.320 e. The highest BCUT2D eigenvalue weighted by atomic mass is 16.5. The van der Waals surface area contributed by atoms with Crippen LogP contribution in [0, 0.1) is 5.92 Å². The van der Waals surface area contributed by atoms with Crippen LogP contribution in [0.15, 0.2) is 0 Å². The van der Waals surface area contributed by atoms with E-state index in [1.165, 1.54) is 0 Å². The molecular weight excluding hydrogens is 302 g/mol. The Bertz CT molecular complexity index is 408. The molecule has 0 radical (unpaired) electrons. The van der Waals surface area contributed by atoms with Gasteiger partial charge in [0.25, 0.3) is 0 Å². The predicted octanol–water partition coefficient (Wildman–Crippen LogP) is -0.778. The van der Waals surface area contributed by atoms with Gasteiger partial charge in [0, 0.05) is 32.7 Å². The highest BCUT2D eigenvalue weighted by Crippen LogP contribution is 2.16. The van der Waals surface area contributed by atoms with Crippen LogP contribution in [-0.4, -0.2) is 80.6 Å². The number of hydrogen-bond donors (Lipinski definition) is 1. The molecule has 0 unspecified atom stereocenters. The largest absolute Gasteiger partial charge is 0.465 e. The second-order valence-corrected chi connectivity index (χ2v) is 5.57. The topological polar surface area (TPSA) is 102 Å². The molecule has 0 saturated carbocycles. The summed E-state index contributed by atoms with van der Waals surface area (Å²) in [7, 11) is 1.57. The Hall–Kier alpha value is -1.67. The molecule has 1 rings (SSSR count). The Morgan fingerprint density at radius 3 is 2.39 bits per heavy atom. The lowest BCUT2D eigenvalue weighted by Crippen LogP contribution is -2.47. The normalized spacial score (nSPS) is 15.7. The molecule has 132 valence electrons. The standard InChI is InChI=1S/C15H27N3O5/c1-3-23-14(20)11-17(8-9-22-2)10-13(19)18-6-4-12(5-7-18)15(16)21/h12H,3-11H2,1-2H3,(H2,16,21). The summed E-state index contributed by atoms with van der Waals surface area (Å²) >= 11 is 0. The predicted molar refractivity (Wildman–Crippen MR) is 83.4 cm³/mol. The minimum absolute atomic E-state index is 0.0562. The van der Waals surface area contributed by atoms with E-state index in [0.29, 0.717) is 45.7 Å². The highest BCUT2D eigenvalue weighted by molar-refractivity contribution is 5.80. The summed E-state index contributed by atoms with van der Waals surface area (Å²) in [6.45, 7) is 4.17. The van der Waals surface area contributed by atoms with Crippen molar-refractivity contribution in [2.45, 2.75) is 19.8 Å². The van der Waals surface area contributed by atoms with Gasteiger partial charge in [0.05, 0.1) is 26.3 Å². The van der Waals surface area contributed by atoms with Gasteiger partial charge in [0.1, 0.15) is 0 Å². The lowest BCUT2D eigenvalue weighted by Gasteiger charge is -2.32. The molecule has 2 amide bonds. The average Bonchev–Trinajstić information content (AvgIpc) is 2.52. The van der Waals surface area contributed by atoms with Crippen molar-refractivity contribution in [2.75, 3.05) is 53.0 Å². The van der Waals surface area contributed by atoms with E-state index in [9.17, 15) is 14.4 Å². The van der Waals surface area contributed by atoms with E-state index in [4.69, 9.17) is 15.2 Å². The lowest BCUT2D eigenvalue weighted by molar-refractivity contribution is -0.145. The zero-order valence-electron chi connectivity index (χ0n) is 14.0. The number of ether oxygens (including phenoxy) is 2.